The van der Waals surface area contributed by atoms with Crippen LogP contribution in [0.2, 0.25) is 0 Å². The van der Waals surface area contributed by atoms with E-state index >= 15 is 0 Å². The van der Waals surface area contributed by atoms with Gasteiger partial charge >= 0.3 is 5.97 Å². The van der Waals surface area contributed by atoms with Gasteiger partial charge in [0.25, 0.3) is 0 Å². The smallest absolute Gasteiger partial charge is 0.305 e. The van der Waals surface area contributed by atoms with E-state index in [-0.39, 0.29) is 11.4 Å². The number of hydrogen-bond acceptors (Lipinski definition) is 5. The molecule has 20 heavy (non-hydrogen) atoms. The Morgan fingerprint density at radius 3 is 2.65 bits per heavy atom. The highest BCUT2D eigenvalue weighted by molar-refractivity contribution is 5.69. The highest BCUT2D eigenvalue weighted by Crippen LogP contribution is 2.21. The standard InChI is InChI=1S/C15H31N3O2/c1-15(2,3)11-17-13-7-12(8-14(19)20-4)9-18(10-13)6-5-16/h12-13,17H,5-11,16H2,1-4H3. The molecule has 0 bridgehead atoms. The number of carbonyl (C=O) groups is 1. The summed E-state index contributed by atoms with van der Waals surface area (Å²) in [6.07, 6.45) is 1.54. The van der Waals surface area contributed by atoms with Gasteiger partial charge in [-0.25, -0.2) is 0 Å². The third-order valence-electron chi connectivity index (χ3n) is 3.66. The monoisotopic (exact) mass is 285 g/mol. The van der Waals surface area contributed by atoms with Gasteiger partial charge in [-0.15, -0.1) is 0 Å². The second-order valence-corrected chi connectivity index (χ2v) is 7.07. The molecule has 2 unspecified atom stereocenters. The van der Waals surface area contributed by atoms with E-state index in [0.717, 1.165) is 32.6 Å². The molecule has 1 heterocycles. The number of rotatable bonds is 6. The van der Waals surface area contributed by atoms with Gasteiger partial charge in [0.05, 0.1) is 7.11 Å². The summed E-state index contributed by atoms with van der Waals surface area (Å²) in [7, 11) is 1.46. The summed E-state index contributed by atoms with van der Waals surface area (Å²) in [4.78, 5) is 13.8. The van der Waals surface area contributed by atoms with Crippen LogP contribution >= 0.6 is 0 Å². The predicted octanol–water partition coefficient (Wildman–Crippen LogP) is 0.834. The van der Waals surface area contributed by atoms with E-state index in [4.69, 9.17) is 10.5 Å². The molecule has 2 atom stereocenters. The van der Waals surface area contributed by atoms with Crippen LogP contribution in [0, 0.1) is 11.3 Å². The van der Waals surface area contributed by atoms with Crippen LogP contribution in [-0.4, -0.2) is 56.7 Å². The van der Waals surface area contributed by atoms with Gasteiger partial charge in [-0.3, -0.25) is 4.79 Å². The number of piperidine rings is 1. The highest BCUT2D eigenvalue weighted by atomic mass is 16.5. The Bertz CT molecular complexity index is 302. The van der Waals surface area contributed by atoms with Crippen LogP contribution in [0.4, 0.5) is 0 Å². The Morgan fingerprint density at radius 2 is 2.10 bits per heavy atom. The molecular formula is C15H31N3O2. The van der Waals surface area contributed by atoms with Gasteiger partial charge < -0.3 is 20.7 Å². The molecule has 0 radical (unpaired) electrons. The number of hydrogen-bond donors (Lipinski definition) is 2. The van der Waals surface area contributed by atoms with Gasteiger partial charge in [0.2, 0.25) is 0 Å². The molecule has 3 N–H and O–H groups in total. The number of nitrogens with one attached hydrogen (secondary N) is 1. The lowest BCUT2D eigenvalue weighted by atomic mass is 9.90. The first-order valence-corrected chi connectivity index (χ1v) is 7.56. The van der Waals surface area contributed by atoms with Crippen molar-refractivity contribution < 1.29 is 9.53 Å². The largest absolute Gasteiger partial charge is 0.469 e. The number of nitrogens with two attached hydrogens (primary N) is 1. The number of nitrogens with zero attached hydrogens (tertiary/aromatic N) is 1. The lowest BCUT2D eigenvalue weighted by Gasteiger charge is -2.38. The maximum Gasteiger partial charge on any atom is 0.305 e. The zero-order chi connectivity index (χ0) is 15.2. The molecule has 0 aromatic rings. The van der Waals surface area contributed by atoms with Crippen molar-refractivity contribution in [2.45, 2.75) is 39.7 Å². The molecule has 0 aromatic carbocycles. The van der Waals surface area contributed by atoms with E-state index in [2.05, 4.69) is 31.0 Å². The van der Waals surface area contributed by atoms with Crippen molar-refractivity contribution >= 4 is 5.97 Å². The normalized spacial score (nSPS) is 24.6. The average Bonchev–Trinajstić information content (AvgIpc) is 2.35. The molecule has 0 amide bonds. The topological polar surface area (TPSA) is 67.6 Å². The Kier molecular flexibility index (Phi) is 6.92. The minimum absolute atomic E-state index is 0.112. The van der Waals surface area contributed by atoms with Gasteiger partial charge in [0.15, 0.2) is 0 Å². The van der Waals surface area contributed by atoms with Crippen LogP contribution in [0.5, 0.6) is 0 Å². The van der Waals surface area contributed by atoms with Crippen LogP contribution in [0.3, 0.4) is 0 Å². The lowest BCUT2D eigenvalue weighted by Crippen LogP contribution is -2.52. The van der Waals surface area contributed by atoms with Crippen molar-refractivity contribution in [3.05, 3.63) is 0 Å². The molecule has 0 aliphatic carbocycles. The Hall–Kier alpha value is -0.650. The molecule has 5 heteroatoms. The highest BCUT2D eigenvalue weighted by Gasteiger charge is 2.29. The summed E-state index contributed by atoms with van der Waals surface area (Å²) in [5.41, 5.74) is 5.94. The number of likely N-dealkylation sites (tertiary alicyclic amines) is 1. The Morgan fingerprint density at radius 1 is 1.40 bits per heavy atom. The lowest BCUT2D eigenvalue weighted by molar-refractivity contribution is -0.142. The predicted molar refractivity (Wildman–Crippen MR) is 81.5 cm³/mol. The molecule has 1 fully saturated rings. The van der Waals surface area contributed by atoms with Crippen molar-refractivity contribution in [3.63, 3.8) is 0 Å². The number of carbonyl (C=O) groups excluding carboxylic acids is 1. The number of esters is 1. The summed E-state index contributed by atoms with van der Waals surface area (Å²) in [5, 5.41) is 3.64. The molecule has 1 aliphatic rings. The minimum Gasteiger partial charge on any atom is -0.469 e. The van der Waals surface area contributed by atoms with Gasteiger partial charge in [-0.05, 0) is 17.8 Å². The van der Waals surface area contributed by atoms with E-state index in [1.165, 1.54) is 7.11 Å². The zero-order valence-electron chi connectivity index (χ0n) is 13.4. The fourth-order valence-electron chi connectivity index (χ4n) is 2.73. The van der Waals surface area contributed by atoms with Crippen LogP contribution in [0.15, 0.2) is 0 Å². The van der Waals surface area contributed by atoms with Crippen LogP contribution < -0.4 is 11.1 Å². The molecule has 1 aliphatic heterocycles. The van der Waals surface area contributed by atoms with E-state index in [1.807, 2.05) is 0 Å². The second-order valence-electron chi connectivity index (χ2n) is 7.07. The van der Waals surface area contributed by atoms with Crippen molar-refractivity contribution in [1.29, 1.82) is 0 Å². The molecule has 0 spiro atoms. The summed E-state index contributed by atoms with van der Waals surface area (Å²) in [6.45, 7) is 11.2. The van der Waals surface area contributed by atoms with Crippen molar-refractivity contribution in [2.24, 2.45) is 17.1 Å². The first-order chi connectivity index (χ1) is 9.34. The summed E-state index contributed by atoms with van der Waals surface area (Å²) < 4.78 is 4.80. The van der Waals surface area contributed by atoms with Crippen molar-refractivity contribution in [2.75, 3.05) is 39.8 Å². The Balaban J connectivity index is 2.53. The number of ether oxygens (including phenoxy) is 1. The average molecular weight is 285 g/mol. The van der Waals surface area contributed by atoms with Crippen LogP contribution in [0.25, 0.3) is 0 Å². The maximum absolute atomic E-state index is 11.5. The van der Waals surface area contributed by atoms with Gasteiger partial charge in [0, 0.05) is 45.2 Å². The fraction of sp³-hybridized carbons (Fsp3) is 0.933. The van der Waals surface area contributed by atoms with Gasteiger partial charge in [-0.2, -0.15) is 0 Å². The second kappa shape index (κ2) is 7.96. The third kappa shape index (κ3) is 6.68. The summed E-state index contributed by atoms with van der Waals surface area (Å²) in [6, 6.07) is 0.434. The molecule has 0 saturated carbocycles. The zero-order valence-corrected chi connectivity index (χ0v) is 13.4. The van der Waals surface area contributed by atoms with Crippen LogP contribution in [0.1, 0.15) is 33.6 Å². The third-order valence-corrected chi connectivity index (χ3v) is 3.66. The van der Waals surface area contributed by atoms with Crippen LogP contribution in [-0.2, 0) is 9.53 Å². The quantitative estimate of drug-likeness (QED) is 0.708. The molecule has 0 aromatic heterocycles. The molecule has 1 rings (SSSR count). The fourth-order valence-corrected chi connectivity index (χ4v) is 2.73. The van der Waals surface area contributed by atoms with Crippen molar-refractivity contribution in [3.8, 4) is 0 Å². The van der Waals surface area contributed by atoms with E-state index < -0.39 is 0 Å². The van der Waals surface area contributed by atoms with Gasteiger partial charge in [-0.1, -0.05) is 20.8 Å². The first-order valence-electron chi connectivity index (χ1n) is 7.56. The Labute approximate surface area is 123 Å². The summed E-state index contributed by atoms with van der Waals surface area (Å²) in [5.74, 6) is 0.249. The first kappa shape index (κ1) is 17.4. The molecular weight excluding hydrogens is 254 g/mol. The molecule has 1 saturated heterocycles. The van der Waals surface area contributed by atoms with E-state index in [9.17, 15) is 4.79 Å². The SMILES string of the molecule is COC(=O)CC1CC(NCC(C)(C)C)CN(CCN)C1. The molecule has 118 valence electrons. The minimum atomic E-state index is -0.112. The number of methoxy groups -OCH3 is 1. The maximum atomic E-state index is 11.5. The van der Waals surface area contributed by atoms with E-state index in [1.54, 1.807) is 0 Å². The van der Waals surface area contributed by atoms with Gasteiger partial charge in [0.1, 0.15) is 0 Å². The summed E-state index contributed by atoms with van der Waals surface area (Å²) >= 11 is 0. The molecule has 5 nitrogen and oxygen atoms in total. The van der Waals surface area contributed by atoms with Crippen molar-refractivity contribution in [1.82, 2.24) is 10.2 Å². The van der Waals surface area contributed by atoms with E-state index in [0.29, 0.717) is 24.9 Å².